The standard InChI is InChI=1S/C26H26N4O4S/c1-6-34-26(32)22-19-12-35-24-20(14(3)13(2)15(4)29-24)25(31)30(19)23(28)18(11-27)21(22)16-7-9-17(33-5)10-8-16/h7-10,21H,6,12,28H2,1-5H3. The number of carbonyl (C=O) groups is 2. The van der Waals surface area contributed by atoms with Crippen molar-refractivity contribution in [2.24, 2.45) is 5.73 Å². The lowest BCUT2D eigenvalue weighted by molar-refractivity contribution is -0.138. The normalized spacial score (nSPS) is 17.4. The summed E-state index contributed by atoms with van der Waals surface area (Å²) in [5.41, 5.74) is 10.9. The molecule has 4 rings (SSSR count). The van der Waals surface area contributed by atoms with Gasteiger partial charge in [-0.25, -0.2) is 9.78 Å². The second-order valence-electron chi connectivity index (χ2n) is 8.25. The molecule has 1 unspecified atom stereocenters. The molecule has 3 heterocycles. The molecule has 2 aliphatic heterocycles. The van der Waals surface area contributed by atoms with E-state index in [9.17, 15) is 14.9 Å². The maximum Gasteiger partial charge on any atom is 0.336 e. The highest BCUT2D eigenvalue weighted by Gasteiger charge is 2.44. The molecule has 8 nitrogen and oxygen atoms in total. The van der Waals surface area contributed by atoms with E-state index in [2.05, 4.69) is 11.1 Å². The summed E-state index contributed by atoms with van der Waals surface area (Å²) in [4.78, 5) is 33.2. The number of benzene rings is 1. The van der Waals surface area contributed by atoms with Crippen LogP contribution in [-0.4, -0.2) is 41.2 Å². The number of carbonyl (C=O) groups excluding carboxylic acids is 2. The number of nitrogens with zero attached hydrogens (tertiary/aromatic N) is 3. The Morgan fingerprint density at radius 1 is 1.26 bits per heavy atom. The molecule has 1 atom stereocenters. The average molecular weight is 491 g/mol. The van der Waals surface area contributed by atoms with Gasteiger partial charge in [0.05, 0.1) is 42.4 Å². The molecule has 180 valence electrons. The van der Waals surface area contributed by atoms with Gasteiger partial charge in [0, 0.05) is 17.1 Å². The Balaban J connectivity index is 2.00. The Hall–Kier alpha value is -3.77. The fourth-order valence-electron chi connectivity index (χ4n) is 4.43. The summed E-state index contributed by atoms with van der Waals surface area (Å²) >= 11 is 1.37. The Bertz CT molecular complexity index is 1340. The van der Waals surface area contributed by atoms with Crippen LogP contribution in [0.5, 0.6) is 5.75 Å². The van der Waals surface area contributed by atoms with E-state index in [1.807, 2.05) is 20.8 Å². The third-order valence-electron chi connectivity index (χ3n) is 6.47. The van der Waals surface area contributed by atoms with Crippen LogP contribution in [0.1, 0.15) is 45.6 Å². The SMILES string of the molecule is CCOC(=O)C1=C2CSc3nc(C)c(C)c(C)c3C(=O)N2C(N)=C(C#N)C1c1ccc(OC)cc1. The van der Waals surface area contributed by atoms with Gasteiger partial charge in [0.2, 0.25) is 0 Å². The first kappa shape index (κ1) is 24.4. The van der Waals surface area contributed by atoms with E-state index in [1.54, 1.807) is 38.3 Å². The van der Waals surface area contributed by atoms with Gasteiger partial charge in [-0.3, -0.25) is 9.69 Å². The number of allylic oxidation sites excluding steroid dienone is 1. The smallest absolute Gasteiger partial charge is 0.336 e. The average Bonchev–Trinajstić information content (AvgIpc) is 2.99. The number of fused-ring (bicyclic) bond motifs is 2. The first-order valence-electron chi connectivity index (χ1n) is 11.1. The summed E-state index contributed by atoms with van der Waals surface area (Å²) in [5, 5.41) is 10.7. The van der Waals surface area contributed by atoms with Gasteiger partial charge in [0.15, 0.2) is 0 Å². The molecule has 1 amide bonds. The predicted molar refractivity (Wildman–Crippen MR) is 132 cm³/mol. The second-order valence-corrected chi connectivity index (χ2v) is 9.22. The van der Waals surface area contributed by atoms with Gasteiger partial charge in [0.25, 0.3) is 5.91 Å². The number of pyridine rings is 1. The number of hydrogen-bond donors (Lipinski definition) is 1. The van der Waals surface area contributed by atoms with Gasteiger partial charge in [-0.2, -0.15) is 5.26 Å². The topological polar surface area (TPSA) is 119 Å². The lowest BCUT2D eigenvalue weighted by Crippen LogP contribution is -2.41. The third-order valence-corrected chi connectivity index (χ3v) is 7.45. The molecule has 9 heteroatoms. The van der Waals surface area contributed by atoms with Crippen LogP contribution in [0.15, 0.2) is 52.0 Å². The molecule has 1 aromatic carbocycles. The number of amides is 1. The number of ether oxygens (including phenoxy) is 2. The van der Waals surface area contributed by atoms with Crippen LogP contribution in [0.4, 0.5) is 0 Å². The van der Waals surface area contributed by atoms with Crippen LogP contribution < -0.4 is 10.5 Å². The lowest BCUT2D eigenvalue weighted by Gasteiger charge is -2.35. The fraction of sp³-hybridized carbons (Fsp3) is 0.308. The summed E-state index contributed by atoms with van der Waals surface area (Å²) < 4.78 is 10.7. The van der Waals surface area contributed by atoms with Gasteiger partial charge >= 0.3 is 5.97 Å². The van der Waals surface area contributed by atoms with Gasteiger partial charge in [0.1, 0.15) is 16.6 Å². The van der Waals surface area contributed by atoms with Gasteiger partial charge in [-0.1, -0.05) is 23.9 Å². The molecule has 0 fully saturated rings. The summed E-state index contributed by atoms with van der Waals surface area (Å²) in [7, 11) is 1.56. The summed E-state index contributed by atoms with van der Waals surface area (Å²) in [6, 6.07) is 9.22. The van der Waals surface area contributed by atoms with E-state index in [4.69, 9.17) is 15.2 Å². The third kappa shape index (κ3) is 3.94. The highest BCUT2D eigenvalue weighted by Crippen LogP contribution is 2.45. The number of esters is 1. The minimum Gasteiger partial charge on any atom is -0.497 e. The zero-order valence-corrected chi connectivity index (χ0v) is 21.1. The molecular formula is C26H26N4O4S. The lowest BCUT2D eigenvalue weighted by atomic mass is 9.81. The zero-order chi connectivity index (χ0) is 25.4. The number of aromatic nitrogens is 1. The summed E-state index contributed by atoms with van der Waals surface area (Å²) in [5.74, 6) is -0.891. The number of thioether (sulfide) groups is 1. The van der Waals surface area contributed by atoms with Crippen molar-refractivity contribution in [1.29, 1.82) is 5.26 Å². The molecule has 0 aliphatic carbocycles. The van der Waals surface area contributed by atoms with Gasteiger partial charge < -0.3 is 15.2 Å². The van der Waals surface area contributed by atoms with E-state index in [-0.39, 0.29) is 29.3 Å². The second kappa shape index (κ2) is 9.47. The van der Waals surface area contributed by atoms with Crippen LogP contribution in [0, 0.1) is 32.1 Å². The Morgan fingerprint density at radius 3 is 2.54 bits per heavy atom. The van der Waals surface area contributed by atoms with Gasteiger partial charge in [-0.15, -0.1) is 0 Å². The maximum absolute atomic E-state index is 13.9. The summed E-state index contributed by atoms with van der Waals surface area (Å²) in [6.45, 7) is 7.54. The number of rotatable bonds is 4. The number of methoxy groups -OCH3 is 1. The van der Waals surface area contributed by atoms with E-state index >= 15 is 0 Å². The monoisotopic (exact) mass is 490 g/mol. The van der Waals surface area contributed by atoms with E-state index < -0.39 is 17.8 Å². The molecule has 2 aromatic rings. The molecule has 0 spiro atoms. The number of nitrogens with two attached hydrogens (primary N) is 1. The summed E-state index contributed by atoms with van der Waals surface area (Å²) in [6.07, 6.45) is 0. The minimum atomic E-state index is -0.789. The van der Waals surface area contributed by atoms with Crippen molar-refractivity contribution in [2.75, 3.05) is 19.5 Å². The molecular weight excluding hydrogens is 464 g/mol. The number of hydrogen-bond acceptors (Lipinski definition) is 8. The largest absolute Gasteiger partial charge is 0.497 e. The number of aryl methyl sites for hydroxylation is 1. The maximum atomic E-state index is 13.9. The van der Waals surface area contributed by atoms with E-state index in [0.717, 1.165) is 16.8 Å². The first-order chi connectivity index (χ1) is 16.7. The molecule has 0 radical (unpaired) electrons. The molecule has 0 bridgehead atoms. The predicted octanol–water partition coefficient (Wildman–Crippen LogP) is 3.87. The fourth-order valence-corrected chi connectivity index (χ4v) is 5.58. The molecule has 0 saturated heterocycles. The highest BCUT2D eigenvalue weighted by molar-refractivity contribution is 7.99. The molecule has 1 aromatic heterocycles. The van der Waals surface area contributed by atoms with Crippen LogP contribution >= 0.6 is 11.8 Å². The van der Waals surface area contributed by atoms with Crippen molar-refractivity contribution < 1.29 is 19.1 Å². The van der Waals surface area contributed by atoms with Crippen LogP contribution in [0.2, 0.25) is 0 Å². The Labute approximate surface area is 208 Å². The van der Waals surface area contributed by atoms with E-state index in [1.165, 1.54) is 16.7 Å². The first-order valence-corrected chi connectivity index (χ1v) is 12.1. The Kier molecular flexibility index (Phi) is 6.59. The van der Waals surface area contributed by atoms with Gasteiger partial charge in [-0.05, 0) is 56.5 Å². The van der Waals surface area contributed by atoms with Crippen molar-refractivity contribution in [1.82, 2.24) is 9.88 Å². The van der Waals surface area contributed by atoms with Crippen molar-refractivity contribution in [2.45, 2.75) is 38.6 Å². The molecule has 2 aliphatic rings. The minimum absolute atomic E-state index is 0.00689. The highest BCUT2D eigenvalue weighted by atomic mass is 32.2. The Morgan fingerprint density at radius 2 is 1.94 bits per heavy atom. The zero-order valence-electron chi connectivity index (χ0n) is 20.3. The van der Waals surface area contributed by atoms with Crippen LogP contribution in [0.3, 0.4) is 0 Å². The van der Waals surface area contributed by atoms with Crippen molar-refractivity contribution in [3.63, 3.8) is 0 Å². The van der Waals surface area contributed by atoms with Crippen LogP contribution in [0.25, 0.3) is 0 Å². The van der Waals surface area contributed by atoms with Crippen LogP contribution in [-0.2, 0) is 9.53 Å². The van der Waals surface area contributed by atoms with Crippen molar-refractivity contribution in [3.05, 3.63) is 74.9 Å². The quantitative estimate of drug-likeness (QED) is 0.642. The van der Waals surface area contributed by atoms with E-state index in [0.29, 0.717) is 27.6 Å². The number of nitriles is 1. The molecule has 0 saturated carbocycles. The van der Waals surface area contributed by atoms with Crippen molar-refractivity contribution >= 4 is 23.6 Å². The molecule has 2 N–H and O–H groups in total. The van der Waals surface area contributed by atoms with Crippen molar-refractivity contribution in [3.8, 4) is 11.8 Å². The molecule has 35 heavy (non-hydrogen) atoms.